The van der Waals surface area contributed by atoms with E-state index < -0.39 is 33.6 Å². The fourth-order valence-electron chi connectivity index (χ4n) is 7.36. The molecule has 3 aromatic carbocycles. The minimum atomic E-state index is -3.71. The van der Waals surface area contributed by atoms with Gasteiger partial charge in [0.1, 0.15) is 12.2 Å². The van der Waals surface area contributed by atoms with Gasteiger partial charge in [0.05, 0.1) is 51.0 Å². The van der Waals surface area contributed by atoms with Crippen molar-refractivity contribution in [3.63, 3.8) is 0 Å². The molecule has 0 aliphatic carbocycles. The molecule has 0 N–H and O–H groups in total. The second-order valence-corrected chi connectivity index (χ2v) is 17.9. The third-order valence-corrected chi connectivity index (χ3v) is 12.8. The number of benzene rings is 3. The second-order valence-electron chi connectivity index (χ2n) is 15.6. The number of sulfone groups is 1. The quantitative estimate of drug-likeness (QED) is 0.0576. The number of hydrogen-bond acceptors (Lipinski definition) is 8. The van der Waals surface area contributed by atoms with Crippen molar-refractivity contribution in [3.8, 4) is 0 Å². The topological polar surface area (TPSA) is 89.5 Å². The monoisotopic (exact) mass is 808 g/mol. The molecule has 0 spiro atoms. The van der Waals surface area contributed by atoms with Crippen LogP contribution in [0.15, 0.2) is 91.0 Å². The van der Waals surface area contributed by atoms with Gasteiger partial charge in [-0.15, -0.1) is 0 Å². The van der Waals surface area contributed by atoms with Crippen LogP contribution in [0.3, 0.4) is 0 Å². The molecule has 318 valence electrons. The Morgan fingerprint density at radius 2 is 1.12 bits per heavy atom. The van der Waals surface area contributed by atoms with Gasteiger partial charge < -0.3 is 28.4 Å². The molecule has 8 nitrogen and oxygen atoms in total. The van der Waals surface area contributed by atoms with E-state index in [4.69, 9.17) is 28.4 Å². The van der Waals surface area contributed by atoms with Gasteiger partial charge in [-0.3, -0.25) is 0 Å². The summed E-state index contributed by atoms with van der Waals surface area (Å²) in [6.07, 6.45) is 16.8. The van der Waals surface area contributed by atoms with Crippen molar-refractivity contribution >= 4 is 9.84 Å². The molecule has 5 atom stereocenters. The lowest BCUT2D eigenvalue weighted by Crippen LogP contribution is -2.54. The summed E-state index contributed by atoms with van der Waals surface area (Å²) in [6, 6.07) is 29.7. The third-order valence-electron chi connectivity index (χ3n) is 10.9. The minimum absolute atomic E-state index is 0.0864. The van der Waals surface area contributed by atoms with E-state index in [1.807, 2.05) is 91.0 Å². The van der Waals surface area contributed by atoms with Crippen molar-refractivity contribution < 1.29 is 36.8 Å². The molecule has 4 rings (SSSR count). The Morgan fingerprint density at radius 3 is 1.65 bits per heavy atom. The van der Waals surface area contributed by atoms with Crippen molar-refractivity contribution in [1.82, 2.24) is 0 Å². The van der Waals surface area contributed by atoms with Gasteiger partial charge in [-0.25, -0.2) is 8.42 Å². The van der Waals surface area contributed by atoms with Gasteiger partial charge in [0.2, 0.25) is 0 Å². The zero-order valence-corrected chi connectivity index (χ0v) is 35.8. The normalized spacial score (nSPS) is 19.1. The predicted octanol–water partition coefficient (Wildman–Crippen LogP) is 10.8. The van der Waals surface area contributed by atoms with Crippen molar-refractivity contribution in [1.29, 1.82) is 0 Å². The zero-order valence-electron chi connectivity index (χ0n) is 35.0. The fraction of sp³-hybridized carbons (Fsp3) is 0.625. The van der Waals surface area contributed by atoms with Crippen LogP contribution in [-0.4, -0.2) is 71.0 Å². The molecule has 3 aromatic rings. The lowest BCUT2D eigenvalue weighted by Gasteiger charge is -2.41. The largest absolute Gasteiger partial charge is 0.379 e. The van der Waals surface area contributed by atoms with Crippen molar-refractivity contribution in [2.45, 2.75) is 159 Å². The average Bonchev–Trinajstić information content (AvgIpc) is 3.24. The highest BCUT2D eigenvalue weighted by molar-refractivity contribution is 7.91. The zero-order chi connectivity index (χ0) is 40.2. The van der Waals surface area contributed by atoms with Crippen LogP contribution in [0.25, 0.3) is 0 Å². The van der Waals surface area contributed by atoms with Gasteiger partial charge >= 0.3 is 0 Å². The van der Waals surface area contributed by atoms with Crippen LogP contribution in [0.5, 0.6) is 0 Å². The van der Waals surface area contributed by atoms with Crippen molar-refractivity contribution in [2.24, 2.45) is 0 Å². The van der Waals surface area contributed by atoms with Crippen LogP contribution in [0.1, 0.15) is 126 Å². The number of rotatable bonds is 32. The molecular formula is C48H72O8S. The molecule has 0 bridgehead atoms. The molecule has 0 radical (unpaired) electrons. The molecule has 1 aliphatic rings. The van der Waals surface area contributed by atoms with Gasteiger partial charge in [-0.2, -0.15) is 0 Å². The average molecular weight is 809 g/mol. The van der Waals surface area contributed by atoms with E-state index in [1.54, 1.807) is 7.11 Å². The summed E-state index contributed by atoms with van der Waals surface area (Å²) in [5.41, 5.74) is 1.96. The van der Waals surface area contributed by atoms with Crippen LogP contribution in [0, 0.1) is 0 Å². The van der Waals surface area contributed by atoms with Gasteiger partial charge in [0.15, 0.2) is 15.3 Å². The summed E-state index contributed by atoms with van der Waals surface area (Å²) in [5.74, 6) is -0.0864. The van der Waals surface area contributed by atoms with Crippen LogP contribution in [-0.2, 0) is 58.1 Å². The number of methoxy groups -OCH3 is 1. The Morgan fingerprint density at radius 1 is 0.632 bits per heavy atom. The van der Waals surface area contributed by atoms with Crippen LogP contribution < -0.4 is 0 Å². The molecule has 1 fully saturated rings. The van der Waals surface area contributed by atoms with E-state index in [0.717, 1.165) is 29.5 Å². The summed E-state index contributed by atoms with van der Waals surface area (Å²) < 4.78 is 65.3. The maximum absolute atomic E-state index is 14.0. The Labute approximate surface area is 345 Å². The number of ether oxygens (including phenoxy) is 6. The van der Waals surface area contributed by atoms with Crippen LogP contribution >= 0.6 is 0 Å². The maximum atomic E-state index is 14.0. The highest BCUT2D eigenvalue weighted by Crippen LogP contribution is 2.31. The van der Waals surface area contributed by atoms with Crippen LogP contribution in [0.2, 0.25) is 0 Å². The van der Waals surface area contributed by atoms with Gasteiger partial charge in [-0.05, 0) is 29.5 Å². The summed E-state index contributed by atoms with van der Waals surface area (Å²) in [6.45, 7) is 4.48. The summed E-state index contributed by atoms with van der Waals surface area (Å²) in [5, 5.41) is 0. The summed E-state index contributed by atoms with van der Waals surface area (Å²) >= 11 is 0. The lowest BCUT2D eigenvalue weighted by atomic mass is 10.0. The molecule has 57 heavy (non-hydrogen) atoms. The lowest BCUT2D eigenvalue weighted by molar-refractivity contribution is -0.205. The van der Waals surface area contributed by atoms with E-state index in [9.17, 15) is 8.42 Å². The van der Waals surface area contributed by atoms with E-state index in [-0.39, 0.29) is 24.9 Å². The second kappa shape index (κ2) is 28.7. The first-order valence-corrected chi connectivity index (χ1v) is 23.6. The molecule has 0 unspecified atom stereocenters. The van der Waals surface area contributed by atoms with E-state index >= 15 is 0 Å². The van der Waals surface area contributed by atoms with Gasteiger partial charge in [0.25, 0.3) is 0 Å². The predicted molar refractivity (Wildman–Crippen MR) is 230 cm³/mol. The van der Waals surface area contributed by atoms with E-state index in [2.05, 4.69) is 6.92 Å². The first kappa shape index (κ1) is 47.1. The number of hydrogen-bond donors (Lipinski definition) is 0. The highest BCUT2D eigenvalue weighted by Gasteiger charge is 2.45. The summed E-state index contributed by atoms with van der Waals surface area (Å²) in [4.78, 5) is 0. The molecule has 1 heterocycles. The smallest absolute Gasteiger partial charge is 0.177 e. The molecular weight excluding hydrogens is 737 g/mol. The third kappa shape index (κ3) is 19.3. The van der Waals surface area contributed by atoms with E-state index in [1.165, 1.54) is 77.0 Å². The SMILES string of the molecule is CCCCCCCCCCCCCCCCOC[C@H](CCS(=O)(=O)[C@H]1C[C@@H](OCc2ccccc2)[C@H](OCc2ccccc2)[C@@H](COCc2ccccc2)O1)OC. The van der Waals surface area contributed by atoms with E-state index in [0.29, 0.717) is 39.5 Å². The van der Waals surface area contributed by atoms with Crippen LogP contribution in [0.4, 0.5) is 0 Å². The van der Waals surface area contributed by atoms with Gasteiger partial charge in [-0.1, -0.05) is 181 Å². The molecule has 0 saturated carbocycles. The van der Waals surface area contributed by atoms with Crippen molar-refractivity contribution in [3.05, 3.63) is 108 Å². The first-order chi connectivity index (χ1) is 28.0. The Hall–Kier alpha value is -2.63. The molecule has 1 aliphatic heterocycles. The minimum Gasteiger partial charge on any atom is -0.379 e. The fourth-order valence-corrected chi connectivity index (χ4v) is 9.00. The Balaban J connectivity index is 1.25. The standard InChI is InChI=1S/C48H72O8S/c1-3-4-5-6-7-8-9-10-11-12-13-14-15-25-33-52-39-44(51-2)32-34-57(49,50)47-35-45(54-37-42-28-21-17-22-29-42)48(55-38-43-30-23-18-24-31-43)46(56-47)40-53-36-41-26-19-16-20-27-41/h16-24,26-31,44-48H,3-15,25,32-40H2,1-2H3/t44-,45+,46+,47-,48-/m0/s1. The van der Waals surface area contributed by atoms with Crippen molar-refractivity contribution in [2.75, 3.05) is 32.7 Å². The summed E-state index contributed by atoms with van der Waals surface area (Å²) in [7, 11) is -2.10. The Kier molecular flexibility index (Phi) is 23.7. The molecule has 1 saturated heterocycles. The first-order valence-electron chi connectivity index (χ1n) is 21.9. The molecule has 0 aromatic heterocycles. The van der Waals surface area contributed by atoms with Gasteiger partial charge in [0, 0.05) is 20.1 Å². The maximum Gasteiger partial charge on any atom is 0.177 e. The number of unbranched alkanes of at least 4 members (excludes halogenated alkanes) is 13. The molecule has 0 amide bonds. The molecule has 9 heteroatoms. The highest BCUT2D eigenvalue weighted by atomic mass is 32.2. The Bertz CT molecular complexity index is 1510.